The van der Waals surface area contributed by atoms with Gasteiger partial charge in [-0.1, -0.05) is 54.1 Å². The Hall–Kier alpha value is -4.09. The second-order valence-corrected chi connectivity index (χ2v) is 7.70. The topological polar surface area (TPSA) is 75.7 Å². The summed E-state index contributed by atoms with van der Waals surface area (Å²) in [6, 6.07) is 20.1. The molecule has 32 heavy (non-hydrogen) atoms. The van der Waals surface area contributed by atoms with Gasteiger partial charge >= 0.3 is 0 Å². The van der Waals surface area contributed by atoms with Gasteiger partial charge in [0.25, 0.3) is 5.56 Å². The zero-order valence-electron chi connectivity index (χ0n) is 16.7. The molecule has 6 heteroatoms. The molecule has 0 saturated heterocycles. The van der Waals surface area contributed by atoms with Gasteiger partial charge in [0.15, 0.2) is 5.78 Å². The summed E-state index contributed by atoms with van der Waals surface area (Å²) in [6.07, 6.45) is 6.33. The number of allylic oxidation sites excluding steroid dienone is 1. The second-order valence-electron chi connectivity index (χ2n) is 7.26. The Morgan fingerprint density at radius 2 is 1.69 bits per heavy atom. The first-order valence-corrected chi connectivity index (χ1v) is 10.3. The fraction of sp³-hybridized carbons (Fsp3) is 0. The molecule has 5 aromatic rings. The van der Waals surface area contributed by atoms with Crippen LogP contribution in [0.2, 0.25) is 5.02 Å². The van der Waals surface area contributed by atoms with Gasteiger partial charge in [-0.25, -0.2) is 0 Å². The number of nitrogens with one attached hydrogen (secondary N) is 1. The Morgan fingerprint density at radius 1 is 0.906 bits per heavy atom. The van der Waals surface area contributed by atoms with Crippen LogP contribution in [0.4, 0.5) is 0 Å². The molecular formula is C26H16ClN3O2. The molecule has 0 aliphatic carbocycles. The molecule has 0 spiro atoms. The van der Waals surface area contributed by atoms with Crippen molar-refractivity contribution in [3.8, 4) is 11.1 Å². The average Bonchev–Trinajstić information content (AvgIpc) is 2.82. The maximum Gasteiger partial charge on any atom is 0.260 e. The number of hydrogen-bond acceptors (Lipinski definition) is 4. The van der Waals surface area contributed by atoms with E-state index in [9.17, 15) is 9.59 Å². The third kappa shape index (κ3) is 3.70. The van der Waals surface area contributed by atoms with Crippen molar-refractivity contribution in [3.63, 3.8) is 0 Å². The summed E-state index contributed by atoms with van der Waals surface area (Å²) in [6.45, 7) is 0. The summed E-state index contributed by atoms with van der Waals surface area (Å²) in [5, 5.41) is 1.23. The lowest BCUT2D eigenvalue weighted by Gasteiger charge is -2.11. The summed E-state index contributed by atoms with van der Waals surface area (Å²) < 4.78 is 0. The molecule has 154 valence electrons. The van der Waals surface area contributed by atoms with Gasteiger partial charge < -0.3 is 4.98 Å². The zero-order chi connectivity index (χ0) is 22.1. The quantitative estimate of drug-likeness (QED) is 0.289. The molecule has 0 atom stereocenters. The van der Waals surface area contributed by atoms with Crippen LogP contribution in [0.15, 0.2) is 90.0 Å². The molecule has 0 bridgehead atoms. The fourth-order valence-electron chi connectivity index (χ4n) is 3.74. The molecule has 5 nitrogen and oxygen atoms in total. The summed E-state index contributed by atoms with van der Waals surface area (Å²) in [4.78, 5) is 37.6. The minimum Gasteiger partial charge on any atom is -0.321 e. The minimum absolute atomic E-state index is 0.0720. The highest BCUT2D eigenvalue weighted by Gasteiger charge is 2.19. The fourth-order valence-corrected chi connectivity index (χ4v) is 3.92. The number of carbonyl (C=O) groups excluding carboxylic acids is 1. The van der Waals surface area contributed by atoms with Crippen LogP contribution in [0, 0.1) is 0 Å². The number of rotatable bonds is 4. The number of carbonyl (C=O) groups is 1. The summed E-state index contributed by atoms with van der Waals surface area (Å²) in [5.41, 5.74) is 3.85. The van der Waals surface area contributed by atoms with Crippen LogP contribution in [0.1, 0.15) is 15.9 Å². The van der Waals surface area contributed by atoms with Gasteiger partial charge in [0.1, 0.15) is 0 Å². The number of aromatic nitrogens is 3. The molecule has 0 aliphatic rings. The van der Waals surface area contributed by atoms with Crippen LogP contribution < -0.4 is 5.56 Å². The lowest BCUT2D eigenvalue weighted by Crippen LogP contribution is -2.18. The molecule has 0 saturated carbocycles. The second kappa shape index (κ2) is 8.21. The van der Waals surface area contributed by atoms with Gasteiger partial charge in [-0.2, -0.15) is 0 Å². The van der Waals surface area contributed by atoms with Crippen molar-refractivity contribution >= 4 is 45.4 Å². The monoisotopic (exact) mass is 437 g/mol. The molecule has 5 rings (SSSR count). The average molecular weight is 438 g/mol. The van der Waals surface area contributed by atoms with Crippen molar-refractivity contribution in [2.45, 2.75) is 0 Å². The van der Waals surface area contributed by atoms with Crippen molar-refractivity contribution in [1.29, 1.82) is 0 Å². The Labute approximate surface area is 188 Å². The highest BCUT2D eigenvalue weighted by Crippen LogP contribution is 2.31. The number of hydrogen-bond donors (Lipinski definition) is 1. The number of nitrogens with zero attached hydrogens (tertiary/aromatic N) is 2. The maximum absolute atomic E-state index is 13.3. The van der Waals surface area contributed by atoms with Gasteiger partial charge in [0.2, 0.25) is 0 Å². The van der Waals surface area contributed by atoms with Crippen LogP contribution in [0.3, 0.4) is 0 Å². The van der Waals surface area contributed by atoms with E-state index >= 15 is 0 Å². The molecule has 1 N–H and O–H groups in total. The number of benzene rings is 3. The first-order chi connectivity index (χ1) is 15.6. The number of ketones is 1. The Bertz CT molecular complexity index is 1570. The van der Waals surface area contributed by atoms with Crippen LogP contribution in [0.25, 0.3) is 39.1 Å². The van der Waals surface area contributed by atoms with Gasteiger partial charge in [0.05, 0.1) is 16.6 Å². The van der Waals surface area contributed by atoms with Crippen molar-refractivity contribution in [2.24, 2.45) is 0 Å². The first-order valence-electron chi connectivity index (χ1n) is 9.94. The van der Waals surface area contributed by atoms with Gasteiger partial charge in [-0.15, -0.1) is 0 Å². The summed E-state index contributed by atoms with van der Waals surface area (Å²) in [5.74, 6) is -0.397. The van der Waals surface area contributed by atoms with Crippen molar-refractivity contribution in [3.05, 3.63) is 112 Å². The smallest absolute Gasteiger partial charge is 0.260 e. The lowest BCUT2D eigenvalue weighted by atomic mass is 9.94. The number of fused-ring (bicyclic) bond motifs is 2. The Kier molecular flexibility index (Phi) is 5.09. The zero-order valence-corrected chi connectivity index (χ0v) is 17.5. The number of pyridine rings is 1. The van der Waals surface area contributed by atoms with E-state index in [0.717, 1.165) is 22.2 Å². The van der Waals surface area contributed by atoms with Crippen LogP contribution >= 0.6 is 11.6 Å². The van der Waals surface area contributed by atoms with Gasteiger partial charge in [-0.3, -0.25) is 19.6 Å². The number of halogens is 1. The normalized spacial score (nSPS) is 11.4. The Balaban J connectivity index is 1.65. The van der Waals surface area contributed by atoms with Crippen molar-refractivity contribution in [1.82, 2.24) is 15.0 Å². The largest absolute Gasteiger partial charge is 0.321 e. The first kappa shape index (κ1) is 19.8. The van der Waals surface area contributed by atoms with Crippen molar-refractivity contribution < 1.29 is 4.79 Å². The maximum atomic E-state index is 13.3. The predicted molar refractivity (Wildman–Crippen MR) is 128 cm³/mol. The van der Waals surface area contributed by atoms with Crippen LogP contribution in [-0.2, 0) is 0 Å². The van der Waals surface area contributed by atoms with Crippen molar-refractivity contribution in [2.75, 3.05) is 0 Å². The minimum atomic E-state index is -0.447. The van der Waals surface area contributed by atoms with Gasteiger partial charge in [0, 0.05) is 33.9 Å². The third-order valence-electron chi connectivity index (χ3n) is 5.21. The van der Waals surface area contributed by atoms with E-state index in [4.69, 9.17) is 11.6 Å². The molecule has 2 heterocycles. The highest BCUT2D eigenvalue weighted by molar-refractivity contribution is 6.31. The van der Waals surface area contributed by atoms with E-state index in [1.54, 1.807) is 36.7 Å². The molecule has 0 amide bonds. The molecule has 0 aliphatic heterocycles. The van der Waals surface area contributed by atoms with E-state index in [0.29, 0.717) is 21.5 Å². The van der Waals surface area contributed by atoms with Crippen LogP contribution in [-0.4, -0.2) is 20.7 Å². The molecule has 0 unspecified atom stereocenters. The van der Waals surface area contributed by atoms with Gasteiger partial charge in [-0.05, 0) is 47.5 Å². The predicted octanol–water partition coefficient (Wildman–Crippen LogP) is 5.69. The summed E-state index contributed by atoms with van der Waals surface area (Å²) in [7, 11) is 0. The summed E-state index contributed by atoms with van der Waals surface area (Å²) >= 11 is 6.24. The molecule has 0 radical (unpaired) electrons. The molecule has 0 fully saturated rings. The lowest BCUT2D eigenvalue weighted by molar-refractivity contribution is 0.104. The van der Waals surface area contributed by atoms with E-state index in [1.807, 2.05) is 48.5 Å². The van der Waals surface area contributed by atoms with Crippen LogP contribution in [0.5, 0.6) is 0 Å². The molecular weight excluding hydrogens is 422 g/mol. The number of H-pyrrole nitrogens is 1. The number of aromatic amines is 1. The Morgan fingerprint density at radius 3 is 2.50 bits per heavy atom. The SMILES string of the molecule is O=C(/C=C/c1ccc2nccnc2c1)c1c(-c2ccccc2)c2cc(Cl)ccc2[nH]c1=O. The van der Waals surface area contributed by atoms with E-state index in [-0.39, 0.29) is 5.56 Å². The molecule has 3 aromatic carbocycles. The molecule has 2 aromatic heterocycles. The van der Waals surface area contributed by atoms with E-state index in [1.165, 1.54) is 6.08 Å². The van der Waals surface area contributed by atoms with E-state index in [2.05, 4.69) is 15.0 Å². The van der Waals surface area contributed by atoms with E-state index < -0.39 is 11.3 Å². The highest BCUT2D eigenvalue weighted by atomic mass is 35.5. The standard InChI is InChI=1S/C26H16ClN3O2/c27-18-8-10-20-19(15-18)24(17-4-2-1-3-5-17)25(26(32)30-20)23(31)11-7-16-6-9-21-22(14-16)29-13-12-28-21/h1-15H,(H,30,32)/b11-7+. The third-order valence-corrected chi connectivity index (χ3v) is 5.44.